The molecule has 82 valence electrons. The molecule has 0 fully saturated rings. The lowest BCUT2D eigenvalue weighted by Crippen LogP contribution is -2.08. The van der Waals surface area contributed by atoms with Gasteiger partial charge in [0.2, 0.25) is 0 Å². The van der Waals surface area contributed by atoms with Crippen LogP contribution in [-0.4, -0.2) is 35.2 Å². The molecule has 1 heterocycles. The van der Waals surface area contributed by atoms with E-state index in [9.17, 15) is 0 Å². The molecule has 0 amide bonds. The van der Waals surface area contributed by atoms with E-state index in [1.165, 1.54) is 11.1 Å². The van der Waals surface area contributed by atoms with Gasteiger partial charge in [0.15, 0.2) is 0 Å². The van der Waals surface area contributed by atoms with E-state index in [1.807, 2.05) is 38.4 Å². The van der Waals surface area contributed by atoms with Gasteiger partial charge in [-0.05, 0) is 17.7 Å². The first-order chi connectivity index (χ1) is 7.75. The van der Waals surface area contributed by atoms with Crippen molar-refractivity contribution >= 4 is 11.9 Å². The summed E-state index contributed by atoms with van der Waals surface area (Å²) < 4.78 is 0. The Labute approximate surface area is 94.0 Å². The SMILES string of the molecule is CN(C)c1ccc(/C=N/n2cncn2)cc1. The van der Waals surface area contributed by atoms with Gasteiger partial charge in [0, 0.05) is 19.8 Å². The van der Waals surface area contributed by atoms with Gasteiger partial charge >= 0.3 is 0 Å². The lowest BCUT2D eigenvalue weighted by molar-refractivity contribution is 0.743. The molecule has 2 rings (SSSR count). The summed E-state index contributed by atoms with van der Waals surface area (Å²) in [6, 6.07) is 8.11. The van der Waals surface area contributed by atoms with Gasteiger partial charge in [-0.15, -0.1) is 9.89 Å². The van der Waals surface area contributed by atoms with Crippen molar-refractivity contribution in [3.8, 4) is 0 Å². The van der Waals surface area contributed by atoms with Crippen LogP contribution >= 0.6 is 0 Å². The minimum absolute atomic E-state index is 1.03. The fourth-order valence-corrected chi connectivity index (χ4v) is 1.25. The third-order valence-corrected chi connectivity index (χ3v) is 2.14. The Morgan fingerprint density at radius 2 is 2.00 bits per heavy atom. The molecule has 0 aliphatic carbocycles. The van der Waals surface area contributed by atoms with Crippen LogP contribution in [-0.2, 0) is 0 Å². The third kappa shape index (κ3) is 2.44. The molecule has 0 unspecified atom stereocenters. The van der Waals surface area contributed by atoms with Gasteiger partial charge in [-0.1, -0.05) is 12.1 Å². The summed E-state index contributed by atoms with van der Waals surface area (Å²) in [4.78, 5) is 7.27. The van der Waals surface area contributed by atoms with E-state index in [4.69, 9.17) is 0 Å². The fourth-order valence-electron chi connectivity index (χ4n) is 1.25. The molecule has 5 nitrogen and oxygen atoms in total. The van der Waals surface area contributed by atoms with Crippen LogP contribution in [0, 0.1) is 0 Å². The van der Waals surface area contributed by atoms with Crippen LogP contribution < -0.4 is 4.90 Å². The molecular weight excluding hydrogens is 202 g/mol. The molecule has 0 radical (unpaired) electrons. The predicted octanol–water partition coefficient (Wildman–Crippen LogP) is 1.23. The highest BCUT2D eigenvalue weighted by atomic mass is 15.5. The highest BCUT2D eigenvalue weighted by Gasteiger charge is 1.93. The summed E-state index contributed by atoms with van der Waals surface area (Å²) in [5, 5.41) is 7.99. The van der Waals surface area contributed by atoms with Crippen molar-refractivity contribution < 1.29 is 0 Å². The van der Waals surface area contributed by atoms with Crippen LogP contribution in [0.5, 0.6) is 0 Å². The summed E-state index contributed by atoms with van der Waals surface area (Å²) in [5.74, 6) is 0. The normalized spacial score (nSPS) is 10.9. The summed E-state index contributed by atoms with van der Waals surface area (Å²) in [6.07, 6.45) is 4.74. The van der Waals surface area contributed by atoms with E-state index in [2.05, 4.69) is 20.1 Å². The molecule has 0 spiro atoms. The Bertz CT molecular complexity index is 456. The minimum Gasteiger partial charge on any atom is -0.378 e. The standard InChI is InChI=1S/C11H13N5/c1-15(2)11-5-3-10(4-6-11)7-13-16-9-12-8-14-16/h3-9H,1-2H3/b13-7+. The van der Waals surface area contributed by atoms with Crippen LogP contribution in [0.1, 0.15) is 5.56 Å². The average molecular weight is 215 g/mol. The van der Waals surface area contributed by atoms with Gasteiger partial charge in [0.25, 0.3) is 0 Å². The molecule has 0 N–H and O–H groups in total. The van der Waals surface area contributed by atoms with Crippen molar-refractivity contribution in [1.82, 2.24) is 14.9 Å². The number of rotatable bonds is 3. The van der Waals surface area contributed by atoms with Crippen molar-refractivity contribution in [2.75, 3.05) is 19.0 Å². The van der Waals surface area contributed by atoms with Crippen molar-refractivity contribution in [3.05, 3.63) is 42.5 Å². The number of anilines is 1. The molecular formula is C11H13N5. The van der Waals surface area contributed by atoms with Gasteiger partial charge in [-0.25, -0.2) is 4.98 Å². The smallest absolute Gasteiger partial charge is 0.139 e. The fraction of sp³-hybridized carbons (Fsp3) is 0.182. The Morgan fingerprint density at radius 1 is 1.25 bits per heavy atom. The van der Waals surface area contributed by atoms with E-state index < -0.39 is 0 Å². The largest absolute Gasteiger partial charge is 0.378 e. The zero-order valence-electron chi connectivity index (χ0n) is 9.28. The maximum Gasteiger partial charge on any atom is 0.139 e. The molecule has 16 heavy (non-hydrogen) atoms. The maximum absolute atomic E-state index is 4.12. The van der Waals surface area contributed by atoms with Crippen LogP contribution in [0.2, 0.25) is 0 Å². The number of benzene rings is 1. The Kier molecular flexibility index (Phi) is 2.95. The summed E-state index contributed by atoms with van der Waals surface area (Å²) in [7, 11) is 4.02. The predicted molar refractivity (Wildman–Crippen MR) is 63.8 cm³/mol. The topological polar surface area (TPSA) is 46.3 Å². The third-order valence-electron chi connectivity index (χ3n) is 2.14. The van der Waals surface area contributed by atoms with Gasteiger partial charge in [-0.3, -0.25) is 0 Å². The van der Waals surface area contributed by atoms with E-state index in [1.54, 1.807) is 12.5 Å². The van der Waals surface area contributed by atoms with Crippen molar-refractivity contribution in [2.24, 2.45) is 5.10 Å². The van der Waals surface area contributed by atoms with E-state index in [0.29, 0.717) is 0 Å². The molecule has 0 saturated heterocycles. The zero-order valence-corrected chi connectivity index (χ0v) is 9.28. The second-order valence-corrected chi connectivity index (χ2v) is 3.55. The lowest BCUT2D eigenvalue weighted by Gasteiger charge is -2.11. The molecule has 0 aliphatic rings. The number of nitrogens with zero attached hydrogens (tertiary/aromatic N) is 5. The van der Waals surface area contributed by atoms with Crippen LogP contribution in [0.3, 0.4) is 0 Å². The van der Waals surface area contributed by atoms with Crippen molar-refractivity contribution in [2.45, 2.75) is 0 Å². The number of aromatic nitrogens is 3. The van der Waals surface area contributed by atoms with Crippen LogP contribution in [0.4, 0.5) is 5.69 Å². The average Bonchev–Trinajstić information content (AvgIpc) is 2.80. The second kappa shape index (κ2) is 4.57. The van der Waals surface area contributed by atoms with Crippen LogP contribution in [0.15, 0.2) is 42.0 Å². The van der Waals surface area contributed by atoms with Gasteiger partial charge < -0.3 is 4.90 Å². The number of hydrogen-bond acceptors (Lipinski definition) is 4. The van der Waals surface area contributed by atoms with Crippen LogP contribution in [0.25, 0.3) is 0 Å². The quantitative estimate of drug-likeness (QED) is 0.723. The molecule has 0 aliphatic heterocycles. The first-order valence-electron chi connectivity index (χ1n) is 4.92. The monoisotopic (exact) mass is 215 g/mol. The van der Waals surface area contributed by atoms with E-state index in [0.717, 1.165) is 11.3 Å². The maximum atomic E-state index is 4.12. The molecule has 1 aromatic carbocycles. The molecule has 0 saturated carbocycles. The highest BCUT2D eigenvalue weighted by Crippen LogP contribution is 2.10. The summed E-state index contributed by atoms with van der Waals surface area (Å²) >= 11 is 0. The molecule has 5 heteroatoms. The number of hydrogen-bond donors (Lipinski definition) is 0. The minimum atomic E-state index is 1.03. The molecule has 1 aromatic heterocycles. The first-order valence-corrected chi connectivity index (χ1v) is 4.92. The van der Waals surface area contributed by atoms with Gasteiger partial charge in [0.05, 0.1) is 6.21 Å². The Balaban J connectivity index is 2.11. The molecule has 0 atom stereocenters. The zero-order chi connectivity index (χ0) is 11.4. The van der Waals surface area contributed by atoms with E-state index in [-0.39, 0.29) is 0 Å². The van der Waals surface area contributed by atoms with Crippen molar-refractivity contribution in [1.29, 1.82) is 0 Å². The summed E-state index contributed by atoms with van der Waals surface area (Å²) in [6.45, 7) is 0. The highest BCUT2D eigenvalue weighted by molar-refractivity contribution is 5.80. The Morgan fingerprint density at radius 3 is 2.56 bits per heavy atom. The first kappa shape index (κ1) is 10.4. The lowest BCUT2D eigenvalue weighted by atomic mass is 10.2. The van der Waals surface area contributed by atoms with Gasteiger partial charge in [0.1, 0.15) is 12.7 Å². The van der Waals surface area contributed by atoms with Gasteiger partial charge in [-0.2, -0.15) is 5.10 Å². The summed E-state index contributed by atoms with van der Waals surface area (Å²) in [5.41, 5.74) is 2.19. The molecule has 0 bridgehead atoms. The molecule has 2 aromatic rings. The second-order valence-electron chi connectivity index (χ2n) is 3.55. The van der Waals surface area contributed by atoms with E-state index >= 15 is 0 Å². The van der Waals surface area contributed by atoms with Crippen molar-refractivity contribution in [3.63, 3.8) is 0 Å². The Hall–Kier alpha value is -2.17.